The third-order valence-corrected chi connectivity index (χ3v) is 3.65. The summed E-state index contributed by atoms with van der Waals surface area (Å²) in [6, 6.07) is 13.7. The van der Waals surface area contributed by atoms with Crippen LogP contribution in [0.3, 0.4) is 0 Å². The highest BCUT2D eigenvalue weighted by molar-refractivity contribution is 6.31. The van der Waals surface area contributed by atoms with E-state index in [1.165, 1.54) is 12.3 Å². The van der Waals surface area contributed by atoms with Gasteiger partial charge in [0.2, 0.25) is 0 Å². The van der Waals surface area contributed by atoms with Crippen LogP contribution >= 0.6 is 11.6 Å². The number of nitrogens with one attached hydrogen (secondary N) is 3. The van der Waals surface area contributed by atoms with Crippen LogP contribution in [0.2, 0.25) is 5.02 Å². The lowest BCUT2D eigenvalue weighted by Crippen LogP contribution is -2.23. The molecule has 7 heteroatoms. The van der Waals surface area contributed by atoms with E-state index < -0.39 is 0 Å². The fraction of sp³-hybridized carbons (Fsp3) is 0.0556. The van der Waals surface area contributed by atoms with Crippen LogP contribution in [0.15, 0.2) is 60.9 Å². The van der Waals surface area contributed by atoms with Gasteiger partial charge in [-0.05, 0) is 36.4 Å². The topological polar surface area (TPSA) is 86.9 Å². The molecule has 126 valence electrons. The molecule has 0 spiro atoms. The van der Waals surface area contributed by atoms with Crippen LogP contribution in [0, 0.1) is 0 Å². The van der Waals surface area contributed by atoms with Crippen molar-refractivity contribution in [1.82, 2.24) is 15.3 Å². The molecule has 25 heavy (non-hydrogen) atoms. The average Bonchev–Trinajstić information content (AvgIpc) is 3.07. The van der Waals surface area contributed by atoms with Gasteiger partial charge in [0.1, 0.15) is 5.69 Å². The molecule has 0 atom stereocenters. The normalized spacial score (nSPS) is 10.3. The van der Waals surface area contributed by atoms with Crippen LogP contribution in [-0.4, -0.2) is 21.8 Å². The number of carbonyl (C=O) groups excluding carboxylic acids is 2. The minimum Gasteiger partial charge on any atom is -0.356 e. The summed E-state index contributed by atoms with van der Waals surface area (Å²) < 4.78 is 0. The summed E-state index contributed by atoms with van der Waals surface area (Å²) in [5.74, 6) is -0.581. The number of nitrogens with zero attached hydrogens (tertiary/aromatic N) is 1. The number of rotatable bonds is 5. The fourth-order valence-corrected chi connectivity index (χ4v) is 2.37. The molecule has 2 heterocycles. The number of carbonyl (C=O) groups is 2. The third-order valence-electron chi connectivity index (χ3n) is 3.43. The van der Waals surface area contributed by atoms with Crippen LogP contribution < -0.4 is 10.6 Å². The Bertz CT molecular complexity index is 893. The Kier molecular flexibility index (Phi) is 5.11. The van der Waals surface area contributed by atoms with Crippen molar-refractivity contribution in [3.8, 4) is 0 Å². The molecular weight excluding hydrogens is 340 g/mol. The van der Waals surface area contributed by atoms with Crippen LogP contribution in [0.5, 0.6) is 0 Å². The molecule has 0 aliphatic rings. The lowest BCUT2D eigenvalue weighted by Gasteiger charge is -2.08. The van der Waals surface area contributed by atoms with Gasteiger partial charge >= 0.3 is 0 Å². The van der Waals surface area contributed by atoms with Crippen molar-refractivity contribution in [2.75, 3.05) is 5.32 Å². The number of benzene rings is 1. The van der Waals surface area contributed by atoms with E-state index in [1.807, 2.05) is 18.2 Å². The van der Waals surface area contributed by atoms with E-state index in [0.29, 0.717) is 28.5 Å². The number of aromatic nitrogens is 2. The van der Waals surface area contributed by atoms with Crippen LogP contribution in [0.1, 0.15) is 26.5 Å². The van der Waals surface area contributed by atoms with E-state index in [9.17, 15) is 9.59 Å². The van der Waals surface area contributed by atoms with Gasteiger partial charge < -0.3 is 15.6 Å². The van der Waals surface area contributed by atoms with Gasteiger partial charge in [-0.15, -0.1) is 0 Å². The SMILES string of the molecule is O=C(NCc1ccccn1)c1cccc(NC(=O)c2cc(Cl)c[nH]2)c1. The van der Waals surface area contributed by atoms with Gasteiger partial charge in [0.25, 0.3) is 11.8 Å². The quantitative estimate of drug-likeness (QED) is 0.657. The third kappa shape index (κ3) is 4.45. The Balaban J connectivity index is 1.64. The van der Waals surface area contributed by atoms with Gasteiger partial charge in [0.05, 0.1) is 17.3 Å². The van der Waals surface area contributed by atoms with Gasteiger partial charge in [-0.25, -0.2) is 0 Å². The average molecular weight is 355 g/mol. The molecule has 0 unspecified atom stereocenters. The number of hydrogen-bond acceptors (Lipinski definition) is 3. The lowest BCUT2D eigenvalue weighted by molar-refractivity contribution is 0.0949. The number of hydrogen-bond donors (Lipinski definition) is 3. The number of pyridine rings is 1. The van der Waals surface area contributed by atoms with E-state index in [0.717, 1.165) is 5.69 Å². The van der Waals surface area contributed by atoms with Crippen molar-refractivity contribution in [1.29, 1.82) is 0 Å². The summed E-state index contributed by atoms with van der Waals surface area (Å²) in [5.41, 5.74) is 2.07. The Hall–Kier alpha value is -3.12. The van der Waals surface area contributed by atoms with Crippen LogP contribution in [0.4, 0.5) is 5.69 Å². The first kappa shape index (κ1) is 16.7. The van der Waals surface area contributed by atoms with Crippen molar-refractivity contribution >= 4 is 29.1 Å². The summed E-state index contributed by atoms with van der Waals surface area (Å²) in [4.78, 5) is 31.3. The second kappa shape index (κ2) is 7.63. The largest absolute Gasteiger partial charge is 0.356 e. The van der Waals surface area contributed by atoms with E-state index in [2.05, 4.69) is 20.6 Å². The summed E-state index contributed by atoms with van der Waals surface area (Å²) in [5, 5.41) is 5.96. The van der Waals surface area contributed by atoms with Crippen LogP contribution in [-0.2, 0) is 6.54 Å². The molecule has 1 aromatic carbocycles. The zero-order valence-corrected chi connectivity index (χ0v) is 13.9. The first-order valence-electron chi connectivity index (χ1n) is 7.55. The first-order chi connectivity index (χ1) is 12.1. The van der Waals surface area contributed by atoms with E-state index in [-0.39, 0.29) is 11.8 Å². The molecular formula is C18H15ClN4O2. The summed E-state index contributed by atoms with van der Waals surface area (Å²) >= 11 is 5.79. The molecule has 3 N–H and O–H groups in total. The standard InChI is InChI=1S/C18H15ClN4O2/c19-13-9-16(21-10-13)18(25)23-14-6-3-4-12(8-14)17(24)22-11-15-5-1-2-7-20-15/h1-10,21H,11H2,(H,22,24)(H,23,25). The highest BCUT2D eigenvalue weighted by Crippen LogP contribution is 2.14. The van der Waals surface area contributed by atoms with Crippen molar-refractivity contribution in [3.05, 3.63) is 82.9 Å². The number of H-pyrrole nitrogens is 1. The van der Waals surface area contributed by atoms with Gasteiger partial charge in [-0.2, -0.15) is 0 Å². The number of aromatic amines is 1. The van der Waals surface area contributed by atoms with E-state index in [4.69, 9.17) is 11.6 Å². The maximum atomic E-state index is 12.3. The number of amides is 2. The Morgan fingerprint density at radius 2 is 1.96 bits per heavy atom. The Morgan fingerprint density at radius 3 is 2.68 bits per heavy atom. The summed E-state index contributed by atoms with van der Waals surface area (Å²) in [6.07, 6.45) is 3.20. The van der Waals surface area contributed by atoms with Gasteiger partial charge in [0.15, 0.2) is 0 Å². The summed E-state index contributed by atoms with van der Waals surface area (Å²) in [6.45, 7) is 0.331. The maximum absolute atomic E-state index is 12.3. The molecule has 6 nitrogen and oxygen atoms in total. The van der Waals surface area contributed by atoms with Gasteiger partial charge in [-0.3, -0.25) is 14.6 Å². The zero-order valence-electron chi connectivity index (χ0n) is 13.1. The Labute approximate surface area is 149 Å². The minimum atomic E-state index is -0.335. The molecule has 0 saturated heterocycles. The highest BCUT2D eigenvalue weighted by atomic mass is 35.5. The highest BCUT2D eigenvalue weighted by Gasteiger charge is 2.11. The molecule has 0 saturated carbocycles. The molecule has 2 amide bonds. The van der Waals surface area contributed by atoms with E-state index >= 15 is 0 Å². The van der Waals surface area contributed by atoms with Crippen molar-refractivity contribution in [3.63, 3.8) is 0 Å². The molecule has 0 aliphatic carbocycles. The molecule has 3 aromatic rings. The maximum Gasteiger partial charge on any atom is 0.272 e. The molecule has 0 bridgehead atoms. The Morgan fingerprint density at radius 1 is 1.08 bits per heavy atom. The second-order valence-corrected chi connectivity index (χ2v) is 5.71. The van der Waals surface area contributed by atoms with Crippen molar-refractivity contribution < 1.29 is 9.59 Å². The molecule has 0 aliphatic heterocycles. The first-order valence-corrected chi connectivity index (χ1v) is 7.93. The molecule has 2 aromatic heterocycles. The molecule has 3 rings (SSSR count). The number of halogens is 1. The molecule has 0 radical (unpaired) electrons. The van der Waals surface area contributed by atoms with Crippen molar-refractivity contribution in [2.24, 2.45) is 0 Å². The zero-order chi connectivity index (χ0) is 17.6. The van der Waals surface area contributed by atoms with Gasteiger partial charge in [0, 0.05) is 23.6 Å². The van der Waals surface area contributed by atoms with Gasteiger partial charge in [-0.1, -0.05) is 23.7 Å². The van der Waals surface area contributed by atoms with E-state index in [1.54, 1.807) is 30.5 Å². The minimum absolute atomic E-state index is 0.246. The monoisotopic (exact) mass is 354 g/mol. The fourth-order valence-electron chi connectivity index (χ4n) is 2.21. The molecule has 0 fully saturated rings. The number of anilines is 1. The predicted molar refractivity (Wildman–Crippen MR) is 95.6 cm³/mol. The predicted octanol–water partition coefficient (Wildman–Crippen LogP) is 3.25. The van der Waals surface area contributed by atoms with Crippen LogP contribution in [0.25, 0.3) is 0 Å². The second-order valence-electron chi connectivity index (χ2n) is 5.27. The van der Waals surface area contributed by atoms with Crippen molar-refractivity contribution in [2.45, 2.75) is 6.54 Å². The smallest absolute Gasteiger partial charge is 0.272 e. The summed E-state index contributed by atoms with van der Waals surface area (Å²) in [7, 11) is 0. The lowest BCUT2D eigenvalue weighted by atomic mass is 10.2.